The third kappa shape index (κ3) is 7.06. The number of carbonyl (C=O) groups excluding carboxylic acids is 1. The van der Waals surface area contributed by atoms with Crippen molar-refractivity contribution >= 4 is 29.2 Å². The standard InChI is InChI=1S/C31H32F3N7O3/c1-19-4-7-23(44-30-25(16-36-2)27(35)38-28(39-30)21-8-13-43-18-21)15-24(19)29(42)37-22-6-5-20(26(14-22)31(32,33)34)17-41-11-9-40(3)10-12-41/h4-8,13-16,18,35-36H,9-12,17H2,1-3H3,(H,37,42)/b25-16+,35-27?. The van der Waals surface area contributed by atoms with Crippen molar-refractivity contribution in [3.05, 3.63) is 94.6 Å². The lowest BCUT2D eigenvalue weighted by atomic mass is 10.0. The summed E-state index contributed by atoms with van der Waals surface area (Å²) < 4.78 is 53.3. The van der Waals surface area contributed by atoms with Gasteiger partial charge in [0.2, 0.25) is 5.90 Å². The van der Waals surface area contributed by atoms with E-state index in [1.54, 1.807) is 32.2 Å². The zero-order chi connectivity index (χ0) is 31.4. The Morgan fingerprint density at radius 1 is 1.11 bits per heavy atom. The number of amidine groups is 2. The summed E-state index contributed by atoms with van der Waals surface area (Å²) >= 11 is 0. The number of anilines is 1. The quantitative estimate of drug-likeness (QED) is 0.351. The summed E-state index contributed by atoms with van der Waals surface area (Å²) in [4.78, 5) is 26.1. The van der Waals surface area contributed by atoms with Gasteiger partial charge < -0.3 is 24.7 Å². The van der Waals surface area contributed by atoms with Gasteiger partial charge in [-0.05, 0) is 55.4 Å². The number of amides is 1. The van der Waals surface area contributed by atoms with Crippen LogP contribution in [0.15, 0.2) is 81.2 Å². The number of nitrogens with one attached hydrogen (secondary N) is 3. The molecule has 10 nitrogen and oxygen atoms in total. The number of benzene rings is 2. The molecule has 5 rings (SSSR count). The molecule has 1 fully saturated rings. The number of likely N-dealkylation sites (N-methyl/N-ethyl adjacent to an activating group) is 1. The topological polar surface area (TPSA) is 119 Å². The van der Waals surface area contributed by atoms with E-state index in [0.29, 0.717) is 24.2 Å². The normalized spacial score (nSPS) is 17.3. The van der Waals surface area contributed by atoms with Crippen LogP contribution >= 0.6 is 0 Å². The third-order valence-electron chi connectivity index (χ3n) is 7.31. The van der Waals surface area contributed by atoms with E-state index in [1.165, 1.54) is 36.9 Å². The number of halogens is 3. The summed E-state index contributed by atoms with van der Waals surface area (Å²) in [7, 11) is 3.64. The predicted octanol–water partition coefficient (Wildman–Crippen LogP) is 4.92. The molecule has 230 valence electrons. The number of aliphatic imine (C=N–C) groups is 2. The Labute approximate surface area is 252 Å². The van der Waals surface area contributed by atoms with Crippen LogP contribution in [0.25, 0.3) is 0 Å². The molecule has 3 N–H and O–H groups in total. The van der Waals surface area contributed by atoms with E-state index in [9.17, 15) is 18.0 Å². The Morgan fingerprint density at radius 3 is 2.57 bits per heavy atom. The summed E-state index contributed by atoms with van der Waals surface area (Å²) in [6, 6.07) is 10.3. The average Bonchev–Trinajstić information content (AvgIpc) is 3.52. The lowest BCUT2D eigenvalue weighted by Gasteiger charge is -2.33. The lowest BCUT2D eigenvalue weighted by Crippen LogP contribution is -2.44. The van der Waals surface area contributed by atoms with Gasteiger partial charge in [-0.25, -0.2) is 4.99 Å². The van der Waals surface area contributed by atoms with Crippen LogP contribution in [0.2, 0.25) is 0 Å². The predicted molar refractivity (Wildman–Crippen MR) is 162 cm³/mol. The number of nitrogens with zero attached hydrogens (tertiary/aromatic N) is 4. The third-order valence-corrected chi connectivity index (χ3v) is 7.31. The second-order valence-electron chi connectivity index (χ2n) is 10.5. The van der Waals surface area contributed by atoms with E-state index in [1.807, 2.05) is 11.9 Å². The van der Waals surface area contributed by atoms with Gasteiger partial charge in [0.05, 0.1) is 23.0 Å². The molecule has 1 amide bonds. The fourth-order valence-electron chi connectivity index (χ4n) is 4.84. The Hall–Kier alpha value is -4.75. The number of hydrogen-bond donors (Lipinski definition) is 3. The first kappa shape index (κ1) is 30.7. The summed E-state index contributed by atoms with van der Waals surface area (Å²) in [5, 5.41) is 13.8. The maximum absolute atomic E-state index is 14.1. The van der Waals surface area contributed by atoms with Gasteiger partial charge in [-0.3, -0.25) is 15.1 Å². The fraction of sp³-hybridized carbons (Fsp3) is 0.290. The molecule has 1 saturated heterocycles. The Bertz CT molecular complexity index is 1640. The van der Waals surface area contributed by atoms with Crippen LogP contribution in [0.3, 0.4) is 0 Å². The van der Waals surface area contributed by atoms with E-state index in [0.717, 1.165) is 19.2 Å². The minimum atomic E-state index is -4.59. The highest BCUT2D eigenvalue weighted by molar-refractivity contribution is 6.30. The summed E-state index contributed by atoms with van der Waals surface area (Å²) in [6.45, 7) is 4.83. The maximum Gasteiger partial charge on any atom is 0.416 e. The summed E-state index contributed by atoms with van der Waals surface area (Å²) in [5.74, 6) is -0.175. The van der Waals surface area contributed by atoms with Gasteiger partial charge >= 0.3 is 6.18 Å². The van der Waals surface area contributed by atoms with E-state index in [4.69, 9.17) is 14.6 Å². The van der Waals surface area contributed by atoms with Gasteiger partial charge in [-0.15, -0.1) is 0 Å². The van der Waals surface area contributed by atoms with Crippen LogP contribution in [-0.4, -0.2) is 73.6 Å². The largest absolute Gasteiger partial charge is 0.472 e. The second-order valence-corrected chi connectivity index (χ2v) is 10.5. The van der Waals surface area contributed by atoms with Gasteiger partial charge in [0.1, 0.15) is 12.0 Å². The molecule has 0 spiro atoms. The van der Waals surface area contributed by atoms with Crippen LogP contribution < -0.4 is 15.4 Å². The van der Waals surface area contributed by atoms with Crippen molar-refractivity contribution in [1.29, 1.82) is 5.41 Å². The molecule has 0 aliphatic carbocycles. The number of rotatable bonds is 7. The van der Waals surface area contributed by atoms with Crippen molar-refractivity contribution in [3.8, 4) is 5.75 Å². The van der Waals surface area contributed by atoms with Crippen molar-refractivity contribution in [2.45, 2.75) is 19.6 Å². The van der Waals surface area contributed by atoms with E-state index >= 15 is 0 Å². The fourth-order valence-corrected chi connectivity index (χ4v) is 4.84. The minimum Gasteiger partial charge on any atom is -0.472 e. The van der Waals surface area contributed by atoms with Crippen molar-refractivity contribution < 1.29 is 27.1 Å². The maximum atomic E-state index is 14.1. The van der Waals surface area contributed by atoms with E-state index in [2.05, 4.69) is 25.5 Å². The average molecular weight is 608 g/mol. The molecular formula is C31H32F3N7O3. The molecule has 1 aromatic heterocycles. The highest BCUT2D eigenvalue weighted by Gasteiger charge is 2.34. The molecule has 0 atom stereocenters. The number of carbonyl (C=O) groups is 1. The number of furan rings is 1. The van der Waals surface area contributed by atoms with Crippen LogP contribution in [0, 0.1) is 12.3 Å². The highest BCUT2D eigenvalue weighted by atomic mass is 19.4. The van der Waals surface area contributed by atoms with Crippen molar-refractivity contribution in [3.63, 3.8) is 0 Å². The zero-order valence-electron chi connectivity index (χ0n) is 24.5. The van der Waals surface area contributed by atoms with Crippen molar-refractivity contribution in [2.75, 3.05) is 45.6 Å². The van der Waals surface area contributed by atoms with Gasteiger partial charge in [0, 0.05) is 57.2 Å². The van der Waals surface area contributed by atoms with Crippen molar-refractivity contribution in [1.82, 2.24) is 15.1 Å². The molecule has 0 radical (unpaired) electrons. The molecule has 2 aliphatic heterocycles. The minimum absolute atomic E-state index is 0.0282. The number of alkyl halides is 3. The summed E-state index contributed by atoms with van der Waals surface area (Å²) in [5.41, 5.74) is 1.03. The molecule has 0 unspecified atom stereocenters. The Kier molecular flexibility index (Phi) is 8.97. The molecule has 44 heavy (non-hydrogen) atoms. The Morgan fingerprint density at radius 2 is 1.89 bits per heavy atom. The first-order valence-electron chi connectivity index (χ1n) is 13.9. The smallest absolute Gasteiger partial charge is 0.416 e. The monoisotopic (exact) mass is 607 g/mol. The molecule has 0 bridgehead atoms. The zero-order valence-corrected chi connectivity index (χ0v) is 24.5. The van der Waals surface area contributed by atoms with E-state index in [-0.39, 0.29) is 52.3 Å². The first-order chi connectivity index (χ1) is 21.0. The van der Waals surface area contributed by atoms with Crippen LogP contribution in [0.1, 0.15) is 32.6 Å². The van der Waals surface area contributed by atoms with Crippen LogP contribution in [-0.2, 0) is 12.7 Å². The van der Waals surface area contributed by atoms with Gasteiger partial charge in [0.25, 0.3) is 5.91 Å². The molecule has 3 aromatic rings. The molecular weight excluding hydrogens is 575 g/mol. The number of hydrogen-bond acceptors (Lipinski definition) is 8. The summed E-state index contributed by atoms with van der Waals surface area (Å²) in [6.07, 6.45) is -0.167. The van der Waals surface area contributed by atoms with Crippen LogP contribution in [0.4, 0.5) is 18.9 Å². The molecule has 3 heterocycles. The van der Waals surface area contributed by atoms with Crippen molar-refractivity contribution in [2.24, 2.45) is 9.98 Å². The number of piperazine rings is 1. The number of ether oxygens (including phenoxy) is 1. The van der Waals surface area contributed by atoms with Gasteiger partial charge in [0.15, 0.2) is 11.7 Å². The van der Waals surface area contributed by atoms with Crippen LogP contribution in [0.5, 0.6) is 5.75 Å². The highest BCUT2D eigenvalue weighted by Crippen LogP contribution is 2.35. The first-order valence-corrected chi connectivity index (χ1v) is 13.9. The Balaban J connectivity index is 1.37. The lowest BCUT2D eigenvalue weighted by molar-refractivity contribution is -0.138. The van der Waals surface area contributed by atoms with Gasteiger partial charge in [-0.2, -0.15) is 18.2 Å². The molecule has 13 heteroatoms. The second kappa shape index (κ2) is 12.9. The van der Waals surface area contributed by atoms with E-state index < -0.39 is 17.6 Å². The molecule has 0 saturated carbocycles. The SMILES string of the molecule is CN/C=C1\C(=N)N=C(c2ccoc2)N=C1Oc1ccc(C)c(C(=O)Nc2ccc(CN3CCN(C)CC3)c(C(F)(F)F)c2)c1. The molecule has 2 aliphatic rings. The number of aryl methyl sites for hydroxylation is 1. The molecule has 2 aromatic carbocycles. The van der Waals surface area contributed by atoms with Gasteiger partial charge in [-0.1, -0.05) is 12.1 Å².